The summed E-state index contributed by atoms with van der Waals surface area (Å²) in [5.74, 6) is 0.945. The maximum Gasteiger partial charge on any atom is 0.202 e. The third-order valence-corrected chi connectivity index (χ3v) is 4.11. The molecule has 102 valence electrons. The molecule has 1 N–H and O–H groups in total. The van der Waals surface area contributed by atoms with Crippen LogP contribution in [0, 0.1) is 0 Å². The molecule has 0 spiro atoms. The number of rotatable bonds is 3. The summed E-state index contributed by atoms with van der Waals surface area (Å²) in [5.41, 5.74) is 0.0437. The van der Waals surface area contributed by atoms with Crippen molar-refractivity contribution in [1.82, 2.24) is 14.3 Å². The number of piperidine rings is 1. The highest BCUT2D eigenvalue weighted by atomic mass is 32.1. The van der Waals surface area contributed by atoms with E-state index in [0.717, 1.165) is 11.0 Å². The van der Waals surface area contributed by atoms with Gasteiger partial charge < -0.3 is 10.2 Å². The summed E-state index contributed by atoms with van der Waals surface area (Å²) < 4.78 is 4.44. The molecule has 0 aliphatic carbocycles. The van der Waals surface area contributed by atoms with Gasteiger partial charge in [-0.3, -0.25) is 0 Å². The maximum atomic E-state index is 4.60. The molecule has 0 unspecified atom stereocenters. The zero-order valence-corrected chi connectivity index (χ0v) is 12.7. The second-order valence-electron chi connectivity index (χ2n) is 6.03. The van der Waals surface area contributed by atoms with Crippen LogP contribution in [0.25, 0.3) is 0 Å². The first-order valence-corrected chi connectivity index (χ1v) is 7.59. The highest BCUT2D eigenvalue weighted by molar-refractivity contribution is 7.09. The van der Waals surface area contributed by atoms with Gasteiger partial charge in [0.1, 0.15) is 5.82 Å². The SMILES string of the molecule is CCN1CCC(Nc2nc(C(C)(C)C)ns2)CC1. The van der Waals surface area contributed by atoms with Gasteiger partial charge in [0.15, 0.2) is 0 Å². The second-order valence-corrected chi connectivity index (χ2v) is 6.78. The molecule has 18 heavy (non-hydrogen) atoms. The molecule has 1 aromatic rings. The average Bonchev–Trinajstić information content (AvgIpc) is 2.78. The number of likely N-dealkylation sites (tertiary alicyclic amines) is 1. The van der Waals surface area contributed by atoms with Crippen molar-refractivity contribution in [3.63, 3.8) is 0 Å². The summed E-state index contributed by atoms with van der Waals surface area (Å²) in [6, 6.07) is 0.563. The van der Waals surface area contributed by atoms with Gasteiger partial charge in [0.25, 0.3) is 0 Å². The van der Waals surface area contributed by atoms with Gasteiger partial charge in [0, 0.05) is 36.1 Å². The Morgan fingerprint density at radius 3 is 2.50 bits per heavy atom. The third-order valence-electron chi connectivity index (χ3n) is 3.46. The van der Waals surface area contributed by atoms with Crippen LogP contribution in [0.4, 0.5) is 5.13 Å². The summed E-state index contributed by atoms with van der Waals surface area (Å²) in [6.07, 6.45) is 2.41. The Labute approximate surface area is 114 Å². The molecule has 1 aromatic heterocycles. The Morgan fingerprint density at radius 2 is 2.00 bits per heavy atom. The molecule has 1 fully saturated rings. The van der Waals surface area contributed by atoms with Gasteiger partial charge in [-0.15, -0.1) is 0 Å². The fraction of sp³-hybridized carbons (Fsp3) is 0.846. The van der Waals surface area contributed by atoms with Crippen molar-refractivity contribution in [2.24, 2.45) is 0 Å². The summed E-state index contributed by atoms with van der Waals surface area (Å²) in [4.78, 5) is 7.10. The van der Waals surface area contributed by atoms with E-state index in [4.69, 9.17) is 0 Å². The van der Waals surface area contributed by atoms with E-state index in [2.05, 4.69) is 47.3 Å². The van der Waals surface area contributed by atoms with Crippen LogP contribution in [0.15, 0.2) is 0 Å². The van der Waals surface area contributed by atoms with E-state index < -0.39 is 0 Å². The monoisotopic (exact) mass is 268 g/mol. The van der Waals surface area contributed by atoms with E-state index in [0.29, 0.717) is 6.04 Å². The molecule has 0 bridgehead atoms. The van der Waals surface area contributed by atoms with Gasteiger partial charge in [-0.05, 0) is 19.4 Å². The van der Waals surface area contributed by atoms with E-state index in [9.17, 15) is 0 Å². The highest BCUT2D eigenvalue weighted by Crippen LogP contribution is 2.24. The van der Waals surface area contributed by atoms with E-state index >= 15 is 0 Å². The Kier molecular flexibility index (Phi) is 4.22. The van der Waals surface area contributed by atoms with Crippen LogP contribution in [-0.2, 0) is 5.41 Å². The zero-order chi connectivity index (χ0) is 13.2. The predicted octanol–water partition coefficient (Wildman–Crippen LogP) is 2.73. The molecule has 1 aliphatic rings. The van der Waals surface area contributed by atoms with Gasteiger partial charge in [-0.25, -0.2) is 4.98 Å². The number of hydrogen-bond donors (Lipinski definition) is 1. The van der Waals surface area contributed by atoms with Gasteiger partial charge >= 0.3 is 0 Å². The van der Waals surface area contributed by atoms with Crippen LogP contribution >= 0.6 is 11.5 Å². The molecule has 1 saturated heterocycles. The molecular formula is C13H24N4S. The van der Waals surface area contributed by atoms with Gasteiger partial charge in [0.2, 0.25) is 5.13 Å². The zero-order valence-electron chi connectivity index (χ0n) is 11.9. The van der Waals surface area contributed by atoms with Crippen LogP contribution in [0.3, 0.4) is 0 Å². The molecule has 0 amide bonds. The molecular weight excluding hydrogens is 244 g/mol. The lowest BCUT2D eigenvalue weighted by Gasteiger charge is -2.31. The molecule has 0 atom stereocenters. The summed E-state index contributed by atoms with van der Waals surface area (Å²) in [7, 11) is 0. The van der Waals surface area contributed by atoms with Crippen molar-refractivity contribution in [1.29, 1.82) is 0 Å². The first kappa shape index (κ1) is 13.7. The molecule has 4 nitrogen and oxygen atoms in total. The van der Waals surface area contributed by atoms with Crippen molar-refractivity contribution in [3.8, 4) is 0 Å². The summed E-state index contributed by atoms with van der Waals surface area (Å²) in [6.45, 7) is 12.2. The Hall–Kier alpha value is -0.680. The topological polar surface area (TPSA) is 41.0 Å². The maximum absolute atomic E-state index is 4.60. The molecule has 2 heterocycles. The second kappa shape index (κ2) is 5.53. The van der Waals surface area contributed by atoms with E-state index in [1.54, 1.807) is 0 Å². The Balaban J connectivity index is 1.89. The molecule has 0 aromatic carbocycles. The number of aromatic nitrogens is 2. The minimum Gasteiger partial charge on any atom is -0.357 e. The number of hydrogen-bond acceptors (Lipinski definition) is 5. The average molecular weight is 268 g/mol. The fourth-order valence-corrected chi connectivity index (χ4v) is 2.99. The fourth-order valence-electron chi connectivity index (χ4n) is 2.15. The molecule has 2 rings (SSSR count). The first-order valence-electron chi connectivity index (χ1n) is 6.82. The smallest absolute Gasteiger partial charge is 0.202 e. The summed E-state index contributed by atoms with van der Waals surface area (Å²) >= 11 is 1.49. The molecule has 0 saturated carbocycles. The lowest BCUT2D eigenvalue weighted by molar-refractivity contribution is 0.229. The van der Waals surface area contributed by atoms with Crippen molar-refractivity contribution in [2.45, 2.75) is 52.0 Å². The minimum absolute atomic E-state index is 0.0437. The molecule has 5 heteroatoms. The third kappa shape index (κ3) is 3.42. The van der Waals surface area contributed by atoms with Crippen LogP contribution in [-0.4, -0.2) is 39.9 Å². The minimum atomic E-state index is 0.0437. The normalized spacial score (nSPS) is 19.1. The van der Waals surface area contributed by atoms with Gasteiger partial charge in [-0.1, -0.05) is 27.7 Å². The van der Waals surface area contributed by atoms with E-state index in [-0.39, 0.29) is 5.41 Å². The quantitative estimate of drug-likeness (QED) is 0.915. The number of nitrogens with zero attached hydrogens (tertiary/aromatic N) is 3. The Morgan fingerprint density at radius 1 is 1.33 bits per heavy atom. The standard InChI is InChI=1S/C13H24N4S/c1-5-17-8-6-10(7-9-17)14-12-15-11(16-18-12)13(2,3)4/h10H,5-9H2,1-4H3,(H,14,15,16). The van der Waals surface area contributed by atoms with Gasteiger partial charge in [-0.2, -0.15) is 4.37 Å². The largest absolute Gasteiger partial charge is 0.357 e. The molecule has 1 aliphatic heterocycles. The molecule has 0 radical (unpaired) electrons. The van der Waals surface area contributed by atoms with Crippen LogP contribution in [0.2, 0.25) is 0 Å². The highest BCUT2D eigenvalue weighted by Gasteiger charge is 2.22. The van der Waals surface area contributed by atoms with Crippen molar-refractivity contribution < 1.29 is 0 Å². The number of anilines is 1. The van der Waals surface area contributed by atoms with Crippen LogP contribution < -0.4 is 5.32 Å². The van der Waals surface area contributed by atoms with Crippen molar-refractivity contribution in [2.75, 3.05) is 25.0 Å². The van der Waals surface area contributed by atoms with E-state index in [1.807, 2.05) is 0 Å². The van der Waals surface area contributed by atoms with Crippen LogP contribution in [0.1, 0.15) is 46.4 Å². The van der Waals surface area contributed by atoms with E-state index in [1.165, 1.54) is 44.0 Å². The lowest BCUT2D eigenvalue weighted by atomic mass is 9.96. The van der Waals surface area contributed by atoms with Crippen LogP contribution in [0.5, 0.6) is 0 Å². The first-order chi connectivity index (χ1) is 8.49. The van der Waals surface area contributed by atoms with Crippen molar-refractivity contribution >= 4 is 16.7 Å². The van der Waals surface area contributed by atoms with Gasteiger partial charge in [0.05, 0.1) is 0 Å². The Bertz CT molecular complexity index is 375. The lowest BCUT2D eigenvalue weighted by Crippen LogP contribution is -2.38. The predicted molar refractivity (Wildman–Crippen MR) is 77.4 cm³/mol. The summed E-state index contributed by atoms with van der Waals surface area (Å²) in [5, 5.41) is 4.52. The van der Waals surface area contributed by atoms with Crippen molar-refractivity contribution in [3.05, 3.63) is 5.82 Å². The number of nitrogens with one attached hydrogen (secondary N) is 1.